The molecule has 2 aliphatic heterocycles. The molecule has 2 atom stereocenters. The first-order valence-corrected chi connectivity index (χ1v) is 7.53. The minimum Gasteiger partial charge on any atom is -0.303 e. The minimum absolute atomic E-state index is 0.654. The van der Waals surface area contributed by atoms with Gasteiger partial charge in [-0.15, -0.1) is 0 Å². The van der Waals surface area contributed by atoms with E-state index in [1.807, 2.05) is 0 Å². The number of hydrogen-bond acceptors (Lipinski definition) is 2. The van der Waals surface area contributed by atoms with E-state index in [9.17, 15) is 0 Å². The number of hydrogen-bond donors (Lipinski definition) is 0. The van der Waals surface area contributed by atoms with Crippen molar-refractivity contribution in [1.29, 1.82) is 0 Å². The molecule has 2 heterocycles. The van der Waals surface area contributed by atoms with E-state index >= 15 is 0 Å². The predicted molar refractivity (Wildman–Crippen MR) is 74.0 cm³/mol. The highest BCUT2D eigenvalue weighted by molar-refractivity contribution is 4.84. The summed E-state index contributed by atoms with van der Waals surface area (Å²) < 4.78 is 0. The molecule has 0 aliphatic carbocycles. The molecule has 2 unspecified atom stereocenters. The highest BCUT2D eigenvalue weighted by Crippen LogP contribution is 2.25. The summed E-state index contributed by atoms with van der Waals surface area (Å²) in [4.78, 5) is 5.14. The second-order valence-electron chi connectivity index (χ2n) is 5.99. The Morgan fingerprint density at radius 3 is 2.53 bits per heavy atom. The van der Waals surface area contributed by atoms with Crippen LogP contribution in [0.4, 0.5) is 0 Å². The molecule has 0 bridgehead atoms. The van der Waals surface area contributed by atoms with Gasteiger partial charge in [-0.3, -0.25) is 0 Å². The predicted octanol–water partition coefficient (Wildman–Crippen LogP) is 2.80. The van der Waals surface area contributed by atoms with Crippen molar-refractivity contribution in [2.24, 2.45) is 5.92 Å². The van der Waals surface area contributed by atoms with Gasteiger partial charge in [0.05, 0.1) is 0 Å². The van der Waals surface area contributed by atoms with Gasteiger partial charge in [0.25, 0.3) is 0 Å². The van der Waals surface area contributed by atoms with E-state index in [1.165, 1.54) is 71.1 Å². The molecule has 1 radical (unpaired) electrons. The lowest BCUT2D eigenvalue weighted by Gasteiger charge is -2.26. The molecular formula is C15H29N2. The van der Waals surface area contributed by atoms with Crippen LogP contribution in [0.15, 0.2) is 0 Å². The van der Waals surface area contributed by atoms with Gasteiger partial charge in [-0.05, 0) is 84.6 Å². The first-order chi connectivity index (χ1) is 8.27. The monoisotopic (exact) mass is 237 g/mol. The largest absolute Gasteiger partial charge is 0.303 e. The van der Waals surface area contributed by atoms with Gasteiger partial charge in [0.15, 0.2) is 0 Å². The van der Waals surface area contributed by atoms with E-state index in [0.717, 1.165) is 6.04 Å². The summed E-state index contributed by atoms with van der Waals surface area (Å²) in [7, 11) is 2.26. The maximum absolute atomic E-state index is 4.38. The lowest BCUT2D eigenvalue weighted by atomic mass is 9.94. The summed E-state index contributed by atoms with van der Waals surface area (Å²) in [5, 5.41) is 0. The topological polar surface area (TPSA) is 6.48 Å². The fourth-order valence-corrected chi connectivity index (χ4v) is 3.47. The van der Waals surface area contributed by atoms with Gasteiger partial charge in [-0.25, -0.2) is 0 Å². The molecular weight excluding hydrogens is 208 g/mol. The molecule has 17 heavy (non-hydrogen) atoms. The molecule has 99 valence electrons. The van der Waals surface area contributed by atoms with Crippen LogP contribution in [0.2, 0.25) is 0 Å². The molecule has 2 rings (SSSR count). The molecule has 2 heteroatoms. The molecule has 0 amide bonds. The van der Waals surface area contributed by atoms with Gasteiger partial charge in [-0.2, -0.15) is 0 Å². The average Bonchev–Trinajstić information content (AvgIpc) is 2.95. The Morgan fingerprint density at radius 2 is 1.88 bits per heavy atom. The number of rotatable bonds is 6. The first-order valence-electron chi connectivity index (χ1n) is 7.53. The Hall–Kier alpha value is -0.0800. The third kappa shape index (κ3) is 3.96. The van der Waals surface area contributed by atoms with Crippen LogP contribution in [0.3, 0.4) is 0 Å². The van der Waals surface area contributed by atoms with Crippen LogP contribution < -0.4 is 0 Å². The van der Waals surface area contributed by atoms with Gasteiger partial charge in [-0.1, -0.05) is 6.42 Å². The van der Waals surface area contributed by atoms with E-state index in [-0.39, 0.29) is 0 Å². The quantitative estimate of drug-likeness (QED) is 0.655. The van der Waals surface area contributed by atoms with E-state index in [2.05, 4.69) is 23.8 Å². The van der Waals surface area contributed by atoms with Crippen molar-refractivity contribution in [3.63, 3.8) is 0 Å². The van der Waals surface area contributed by atoms with Gasteiger partial charge in [0, 0.05) is 6.04 Å². The number of unbranched alkanes of at least 4 members (excludes halogenated alkanes) is 1. The highest BCUT2D eigenvalue weighted by atomic mass is 15.1. The van der Waals surface area contributed by atoms with Crippen molar-refractivity contribution >= 4 is 0 Å². The zero-order valence-electron chi connectivity index (χ0n) is 11.5. The van der Waals surface area contributed by atoms with E-state index < -0.39 is 0 Å². The average molecular weight is 237 g/mol. The minimum atomic E-state index is 0.654. The van der Waals surface area contributed by atoms with Crippen molar-refractivity contribution in [3.05, 3.63) is 6.92 Å². The van der Waals surface area contributed by atoms with E-state index in [4.69, 9.17) is 0 Å². The molecule has 0 N–H and O–H groups in total. The van der Waals surface area contributed by atoms with Crippen LogP contribution in [-0.4, -0.2) is 49.1 Å². The van der Waals surface area contributed by atoms with Crippen molar-refractivity contribution in [1.82, 2.24) is 9.80 Å². The lowest BCUT2D eigenvalue weighted by Crippen LogP contribution is -2.31. The summed E-state index contributed by atoms with van der Waals surface area (Å²) in [6.45, 7) is 9.69. The molecule has 2 fully saturated rings. The zero-order chi connectivity index (χ0) is 12.1. The SMILES string of the molecule is [CH2]C(CCCCN1CCCC1)C1CCCN1C. The van der Waals surface area contributed by atoms with Gasteiger partial charge < -0.3 is 9.80 Å². The smallest absolute Gasteiger partial charge is 0.0121 e. The van der Waals surface area contributed by atoms with Gasteiger partial charge in [0.1, 0.15) is 0 Å². The van der Waals surface area contributed by atoms with Crippen molar-refractivity contribution < 1.29 is 0 Å². The second-order valence-corrected chi connectivity index (χ2v) is 5.99. The highest BCUT2D eigenvalue weighted by Gasteiger charge is 2.25. The van der Waals surface area contributed by atoms with E-state index in [1.54, 1.807) is 0 Å². The summed E-state index contributed by atoms with van der Waals surface area (Å²) in [6, 6.07) is 0.766. The Bertz CT molecular complexity index is 211. The Morgan fingerprint density at radius 1 is 1.12 bits per heavy atom. The molecule has 0 aromatic heterocycles. The Balaban J connectivity index is 1.54. The molecule has 0 saturated carbocycles. The lowest BCUT2D eigenvalue weighted by molar-refractivity contribution is 0.239. The Kier molecular flexibility index (Phi) is 5.30. The number of nitrogens with zero attached hydrogens (tertiary/aromatic N) is 2. The fraction of sp³-hybridized carbons (Fsp3) is 0.933. The molecule has 2 aliphatic rings. The Labute approximate surface area is 107 Å². The first kappa shape index (κ1) is 13.4. The van der Waals surface area contributed by atoms with E-state index in [0.29, 0.717) is 5.92 Å². The second kappa shape index (κ2) is 6.75. The van der Waals surface area contributed by atoms with Crippen molar-refractivity contribution in [2.45, 2.75) is 51.0 Å². The van der Waals surface area contributed by atoms with Gasteiger partial charge in [0.2, 0.25) is 0 Å². The van der Waals surface area contributed by atoms with Crippen molar-refractivity contribution in [2.75, 3.05) is 33.2 Å². The molecule has 0 aromatic rings. The molecule has 2 saturated heterocycles. The normalized spacial score (nSPS) is 28.9. The zero-order valence-corrected chi connectivity index (χ0v) is 11.5. The van der Waals surface area contributed by atoms with Gasteiger partial charge >= 0.3 is 0 Å². The fourth-order valence-electron chi connectivity index (χ4n) is 3.47. The van der Waals surface area contributed by atoms with Crippen LogP contribution in [0.5, 0.6) is 0 Å². The maximum Gasteiger partial charge on any atom is 0.0121 e. The third-order valence-electron chi connectivity index (χ3n) is 4.62. The number of likely N-dealkylation sites (tertiary alicyclic amines) is 2. The summed E-state index contributed by atoms with van der Waals surface area (Å²) in [6.07, 6.45) is 9.66. The summed E-state index contributed by atoms with van der Waals surface area (Å²) >= 11 is 0. The molecule has 0 spiro atoms. The van der Waals surface area contributed by atoms with Crippen LogP contribution in [0.25, 0.3) is 0 Å². The summed E-state index contributed by atoms with van der Waals surface area (Å²) in [5.41, 5.74) is 0. The molecule has 0 aromatic carbocycles. The standard InChI is InChI=1S/C15H29N2/c1-14(15-9-7-10-16(15)2)8-3-4-11-17-12-5-6-13-17/h14-15H,1,3-13H2,2H3. The molecule has 2 nitrogen and oxygen atoms in total. The van der Waals surface area contributed by atoms with Crippen LogP contribution in [0, 0.1) is 12.8 Å². The van der Waals surface area contributed by atoms with Crippen LogP contribution in [-0.2, 0) is 0 Å². The third-order valence-corrected chi connectivity index (χ3v) is 4.62. The van der Waals surface area contributed by atoms with Crippen LogP contribution in [0.1, 0.15) is 44.9 Å². The van der Waals surface area contributed by atoms with Crippen LogP contribution >= 0.6 is 0 Å². The van der Waals surface area contributed by atoms with Crippen molar-refractivity contribution in [3.8, 4) is 0 Å². The summed E-state index contributed by atoms with van der Waals surface area (Å²) in [5.74, 6) is 0.654. The maximum atomic E-state index is 4.38.